The summed E-state index contributed by atoms with van der Waals surface area (Å²) in [6.45, 7) is 2.60. The zero-order valence-corrected chi connectivity index (χ0v) is 16.9. The third-order valence-corrected chi connectivity index (χ3v) is 5.81. The third kappa shape index (κ3) is 5.06. The number of hydrogen-bond donors (Lipinski definition) is 1. The van der Waals surface area contributed by atoms with Gasteiger partial charge >= 0.3 is 6.03 Å². The standard InChI is InChI=1S/C21H33N3O3/c1-23-12-6-7-17(15-23)22-21(25)24(18-8-4-5-9-18)14-16-10-11-19(26-2)13-20(16)27-3/h10-11,13,17-18H,4-9,12,14-15H2,1-3H3,(H,22,25)/t17-/m0/s1. The Kier molecular flexibility index (Phi) is 6.83. The molecule has 1 aromatic rings. The minimum absolute atomic E-state index is 0.0556. The molecule has 1 heterocycles. The van der Waals surface area contributed by atoms with Gasteiger partial charge in [-0.3, -0.25) is 0 Å². The predicted molar refractivity (Wildman–Crippen MR) is 106 cm³/mol. The lowest BCUT2D eigenvalue weighted by atomic mass is 10.1. The smallest absolute Gasteiger partial charge is 0.318 e. The number of nitrogens with zero attached hydrogens (tertiary/aromatic N) is 2. The van der Waals surface area contributed by atoms with Crippen molar-refractivity contribution in [3.63, 3.8) is 0 Å². The van der Waals surface area contributed by atoms with Crippen LogP contribution in [0.5, 0.6) is 11.5 Å². The Labute approximate surface area is 162 Å². The number of likely N-dealkylation sites (N-methyl/N-ethyl adjacent to an activating group) is 1. The largest absolute Gasteiger partial charge is 0.497 e. The normalized spacial score (nSPS) is 21.1. The van der Waals surface area contributed by atoms with Crippen molar-refractivity contribution in [2.24, 2.45) is 0 Å². The number of carbonyl (C=O) groups is 1. The van der Waals surface area contributed by atoms with Crippen LogP contribution in [0.15, 0.2) is 18.2 Å². The Morgan fingerprint density at radius 2 is 1.96 bits per heavy atom. The highest BCUT2D eigenvalue weighted by molar-refractivity contribution is 5.75. The lowest BCUT2D eigenvalue weighted by molar-refractivity contribution is 0.156. The second-order valence-electron chi connectivity index (χ2n) is 7.79. The fraction of sp³-hybridized carbons (Fsp3) is 0.667. The molecule has 1 aliphatic heterocycles. The maximum Gasteiger partial charge on any atom is 0.318 e. The molecule has 0 spiro atoms. The molecular formula is C21H33N3O3. The van der Waals surface area contributed by atoms with Gasteiger partial charge in [-0.1, -0.05) is 12.8 Å². The number of rotatable bonds is 6. The van der Waals surface area contributed by atoms with Gasteiger partial charge in [-0.05, 0) is 51.4 Å². The topological polar surface area (TPSA) is 54.0 Å². The Hall–Kier alpha value is -1.95. The number of amides is 2. The van der Waals surface area contributed by atoms with Gasteiger partial charge in [-0.15, -0.1) is 0 Å². The van der Waals surface area contributed by atoms with Crippen LogP contribution in [0.2, 0.25) is 0 Å². The molecule has 1 aromatic carbocycles. The molecule has 2 amide bonds. The number of carbonyl (C=O) groups excluding carboxylic acids is 1. The van der Waals surface area contributed by atoms with E-state index in [0.29, 0.717) is 12.6 Å². The van der Waals surface area contributed by atoms with Gasteiger partial charge in [-0.2, -0.15) is 0 Å². The van der Waals surface area contributed by atoms with E-state index in [1.807, 2.05) is 23.1 Å². The van der Waals surface area contributed by atoms with E-state index >= 15 is 0 Å². The first kappa shape index (κ1) is 19.8. The van der Waals surface area contributed by atoms with E-state index in [0.717, 1.165) is 55.8 Å². The summed E-state index contributed by atoms with van der Waals surface area (Å²) in [5.41, 5.74) is 1.01. The van der Waals surface area contributed by atoms with Gasteiger partial charge in [0.15, 0.2) is 0 Å². The van der Waals surface area contributed by atoms with E-state index in [2.05, 4.69) is 17.3 Å². The van der Waals surface area contributed by atoms with E-state index in [1.54, 1.807) is 14.2 Å². The van der Waals surface area contributed by atoms with Crippen LogP contribution in [0, 0.1) is 0 Å². The van der Waals surface area contributed by atoms with E-state index in [1.165, 1.54) is 12.8 Å². The number of likely N-dealkylation sites (tertiary alicyclic amines) is 1. The average Bonchev–Trinajstić information content (AvgIpc) is 3.20. The number of methoxy groups -OCH3 is 2. The highest BCUT2D eigenvalue weighted by Crippen LogP contribution is 2.30. The van der Waals surface area contributed by atoms with Crippen molar-refractivity contribution in [3.8, 4) is 11.5 Å². The fourth-order valence-corrected chi connectivity index (χ4v) is 4.29. The summed E-state index contributed by atoms with van der Waals surface area (Å²) in [4.78, 5) is 17.5. The second-order valence-corrected chi connectivity index (χ2v) is 7.79. The molecular weight excluding hydrogens is 342 g/mol. The summed E-state index contributed by atoms with van der Waals surface area (Å²) in [6.07, 6.45) is 6.74. The summed E-state index contributed by atoms with van der Waals surface area (Å²) in [6, 6.07) is 6.41. The van der Waals surface area contributed by atoms with E-state index < -0.39 is 0 Å². The van der Waals surface area contributed by atoms with E-state index in [-0.39, 0.29) is 12.1 Å². The second kappa shape index (κ2) is 9.31. The predicted octanol–water partition coefficient (Wildman–Crippen LogP) is 3.25. The van der Waals surface area contributed by atoms with Gasteiger partial charge in [-0.25, -0.2) is 4.79 Å². The molecule has 0 radical (unpaired) electrons. The summed E-state index contributed by atoms with van der Waals surface area (Å²) in [5.74, 6) is 1.53. The van der Waals surface area contributed by atoms with Crippen LogP contribution in [-0.2, 0) is 6.54 Å². The summed E-state index contributed by atoms with van der Waals surface area (Å²) < 4.78 is 10.8. The molecule has 1 atom stereocenters. The highest BCUT2D eigenvalue weighted by Gasteiger charge is 2.29. The van der Waals surface area contributed by atoms with Crippen LogP contribution < -0.4 is 14.8 Å². The number of piperidine rings is 1. The summed E-state index contributed by atoms with van der Waals surface area (Å²) >= 11 is 0. The Morgan fingerprint density at radius 3 is 2.63 bits per heavy atom. The average molecular weight is 376 g/mol. The molecule has 6 heteroatoms. The third-order valence-electron chi connectivity index (χ3n) is 5.81. The van der Waals surface area contributed by atoms with E-state index in [4.69, 9.17) is 9.47 Å². The fourth-order valence-electron chi connectivity index (χ4n) is 4.29. The van der Waals surface area contributed by atoms with Crippen LogP contribution in [-0.4, -0.2) is 62.3 Å². The molecule has 1 saturated heterocycles. The lowest BCUT2D eigenvalue weighted by Crippen LogP contribution is -2.52. The van der Waals surface area contributed by atoms with Gasteiger partial charge in [0.2, 0.25) is 0 Å². The van der Waals surface area contributed by atoms with Gasteiger partial charge in [0.05, 0.1) is 20.8 Å². The number of hydrogen-bond acceptors (Lipinski definition) is 4. The first-order valence-corrected chi connectivity index (χ1v) is 10.1. The molecule has 1 aliphatic carbocycles. The maximum absolute atomic E-state index is 13.2. The SMILES string of the molecule is COc1ccc(CN(C(=O)N[C@H]2CCCN(C)C2)C2CCCC2)c(OC)c1. The molecule has 6 nitrogen and oxygen atoms in total. The van der Waals surface area contributed by atoms with Crippen molar-refractivity contribution in [3.05, 3.63) is 23.8 Å². The van der Waals surface area contributed by atoms with Crippen molar-refractivity contribution < 1.29 is 14.3 Å². The van der Waals surface area contributed by atoms with Gasteiger partial charge in [0, 0.05) is 30.3 Å². The maximum atomic E-state index is 13.2. The number of nitrogens with one attached hydrogen (secondary N) is 1. The molecule has 0 unspecified atom stereocenters. The zero-order chi connectivity index (χ0) is 19.2. The molecule has 150 valence electrons. The van der Waals surface area contributed by atoms with Crippen molar-refractivity contribution in [2.45, 2.75) is 57.2 Å². The molecule has 0 bridgehead atoms. The van der Waals surface area contributed by atoms with Gasteiger partial charge < -0.3 is 24.6 Å². The molecule has 2 aliphatic rings. The highest BCUT2D eigenvalue weighted by atomic mass is 16.5. The minimum Gasteiger partial charge on any atom is -0.497 e. The van der Waals surface area contributed by atoms with Crippen molar-refractivity contribution in [1.29, 1.82) is 0 Å². The van der Waals surface area contributed by atoms with E-state index in [9.17, 15) is 4.79 Å². The summed E-state index contributed by atoms with van der Waals surface area (Å²) in [5, 5.41) is 3.29. The Morgan fingerprint density at radius 1 is 1.19 bits per heavy atom. The van der Waals surface area contributed by atoms with Crippen LogP contribution >= 0.6 is 0 Å². The van der Waals surface area contributed by atoms with Crippen LogP contribution in [0.1, 0.15) is 44.1 Å². The molecule has 2 fully saturated rings. The minimum atomic E-state index is 0.0556. The monoisotopic (exact) mass is 375 g/mol. The molecule has 1 saturated carbocycles. The van der Waals surface area contributed by atoms with Crippen LogP contribution in [0.3, 0.4) is 0 Å². The first-order valence-electron chi connectivity index (χ1n) is 10.1. The molecule has 27 heavy (non-hydrogen) atoms. The van der Waals surface area contributed by atoms with Crippen molar-refractivity contribution in [2.75, 3.05) is 34.4 Å². The molecule has 0 aromatic heterocycles. The zero-order valence-electron chi connectivity index (χ0n) is 16.9. The Bertz CT molecular complexity index is 631. The quantitative estimate of drug-likeness (QED) is 0.829. The lowest BCUT2D eigenvalue weighted by Gasteiger charge is -2.35. The number of ether oxygens (including phenoxy) is 2. The number of urea groups is 1. The molecule has 1 N–H and O–H groups in total. The first-order chi connectivity index (χ1) is 13.1. The summed E-state index contributed by atoms with van der Waals surface area (Å²) in [7, 11) is 5.43. The van der Waals surface area contributed by atoms with Crippen LogP contribution in [0.25, 0.3) is 0 Å². The molecule has 3 rings (SSSR count). The van der Waals surface area contributed by atoms with Gasteiger partial charge in [0.1, 0.15) is 11.5 Å². The number of benzene rings is 1. The Balaban J connectivity index is 1.74. The van der Waals surface area contributed by atoms with Crippen molar-refractivity contribution >= 4 is 6.03 Å². The van der Waals surface area contributed by atoms with Gasteiger partial charge in [0.25, 0.3) is 0 Å². The van der Waals surface area contributed by atoms with Crippen LogP contribution in [0.4, 0.5) is 4.79 Å². The van der Waals surface area contributed by atoms with Crippen molar-refractivity contribution in [1.82, 2.24) is 15.1 Å².